The number of aromatic amines is 1. The van der Waals surface area contributed by atoms with E-state index in [0.717, 1.165) is 12.8 Å². The molecule has 3 aliphatic rings. The van der Waals surface area contributed by atoms with Crippen molar-refractivity contribution < 1.29 is 22.3 Å². The Morgan fingerprint density at radius 2 is 2.00 bits per heavy atom. The lowest BCUT2D eigenvalue weighted by Crippen LogP contribution is -2.60. The number of aromatic nitrogens is 2. The van der Waals surface area contributed by atoms with Crippen LogP contribution >= 0.6 is 0 Å². The zero-order chi connectivity index (χ0) is 21.8. The summed E-state index contributed by atoms with van der Waals surface area (Å²) in [6.45, 7) is 0.517. The molecule has 30 heavy (non-hydrogen) atoms. The number of likely N-dealkylation sites (tertiary alicyclic amines) is 1. The predicted octanol–water partition coefficient (Wildman–Crippen LogP) is -0.271. The van der Waals surface area contributed by atoms with Gasteiger partial charge in [0.05, 0.1) is 24.1 Å². The Morgan fingerprint density at radius 1 is 1.30 bits per heavy atom. The van der Waals surface area contributed by atoms with E-state index in [1.165, 1.54) is 17.8 Å². The molecule has 0 amide bonds. The van der Waals surface area contributed by atoms with Crippen molar-refractivity contribution in [3.8, 4) is 0 Å². The number of hydrogen-bond acceptors (Lipinski definition) is 5. The lowest BCUT2D eigenvalue weighted by atomic mass is 9.96. The van der Waals surface area contributed by atoms with Crippen molar-refractivity contribution in [2.75, 3.05) is 20.2 Å². The summed E-state index contributed by atoms with van der Waals surface area (Å²) in [5, 5.41) is 0.308. The first-order valence-electron chi connectivity index (χ1n) is 9.96. The van der Waals surface area contributed by atoms with Gasteiger partial charge in [-0.1, -0.05) is 0 Å². The van der Waals surface area contributed by atoms with Gasteiger partial charge in [0.1, 0.15) is 18.0 Å². The highest BCUT2D eigenvalue weighted by molar-refractivity contribution is 5.53. The Bertz CT molecular complexity index is 1060. The van der Waals surface area contributed by atoms with Gasteiger partial charge in [0.25, 0.3) is 5.56 Å². The molecular weight excluding hydrogens is 408 g/mol. The highest BCUT2D eigenvalue weighted by Gasteiger charge is 2.42. The summed E-state index contributed by atoms with van der Waals surface area (Å²) >= 11 is 0. The second-order valence-corrected chi connectivity index (χ2v) is 8.27. The fourth-order valence-corrected chi connectivity index (χ4v) is 4.62. The van der Waals surface area contributed by atoms with Crippen molar-refractivity contribution in [3.05, 3.63) is 31.4 Å². The molecule has 1 saturated heterocycles. The van der Waals surface area contributed by atoms with Gasteiger partial charge in [-0.15, -0.1) is 0 Å². The van der Waals surface area contributed by atoms with E-state index in [0.29, 0.717) is 13.0 Å². The second kappa shape index (κ2) is 7.52. The van der Waals surface area contributed by atoms with E-state index in [9.17, 15) is 22.8 Å². The van der Waals surface area contributed by atoms with Gasteiger partial charge >= 0.3 is 11.9 Å². The van der Waals surface area contributed by atoms with Crippen LogP contribution in [0, 0.1) is 5.92 Å². The van der Waals surface area contributed by atoms with Crippen LogP contribution in [0.5, 0.6) is 0 Å². The lowest BCUT2D eigenvalue weighted by molar-refractivity contribution is -0.140. The minimum Gasteiger partial charge on any atom is -0.497 e. The molecule has 1 aromatic heterocycles. The molecule has 11 heteroatoms. The average Bonchev–Trinajstić information content (AvgIpc) is 3.35. The summed E-state index contributed by atoms with van der Waals surface area (Å²) in [5.41, 5.74) is 4.51. The Kier molecular flexibility index (Phi) is 5.29. The Balaban J connectivity index is 1.73. The number of nitrogens with one attached hydrogen (secondary N) is 1. The fraction of sp³-hybridized carbons (Fsp3) is 0.684. The quantitative estimate of drug-likeness (QED) is 0.625. The third-order valence-electron chi connectivity index (χ3n) is 6.16. The molecule has 166 valence electrons. The van der Waals surface area contributed by atoms with Crippen molar-refractivity contribution in [2.24, 2.45) is 11.7 Å². The molecule has 0 radical (unpaired) electrons. The van der Waals surface area contributed by atoms with Gasteiger partial charge in [0, 0.05) is 18.6 Å². The van der Waals surface area contributed by atoms with Crippen LogP contribution < -0.4 is 27.6 Å². The third kappa shape index (κ3) is 3.80. The van der Waals surface area contributed by atoms with Crippen LogP contribution in [0.15, 0.2) is 9.59 Å². The second-order valence-electron chi connectivity index (χ2n) is 8.27. The largest absolute Gasteiger partial charge is 0.497 e. The smallest absolute Gasteiger partial charge is 0.390 e. The van der Waals surface area contributed by atoms with E-state index >= 15 is 4.39 Å². The molecule has 0 bridgehead atoms. The van der Waals surface area contributed by atoms with Gasteiger partial charge in [-0.25, -0.2) is 9.18 Å². The molecule has 0 spiro atoms. The first-order chi connectivity index (χ1) is 14.1. The van der Waals surface area contributed by atoms with Crippen LogP contribution in [0.2, 0.25) is 0 Å². The molecule has 0 aromatic carbocycles. The number of halogens is 4. The number of fused-ring (bicyclic) bond motifs is 1. The minimum absolute atomic E-state index is 0.0478. The van der Waals surface area contributed by atoms with Gasteiger partial charge in [0.15, 0.2) is 0 Å². The zero-order valence-corrected chi connectivity index (χ0v) is 16.4. The van der Waals surface area contributed by atoms with Gasteiger partial charge in [-0.05, 0) is 37.8 Å². The SMILES string of the molecule is COC1=c2c(c(=O)[nH]c(=O)n2C2CC2)=CC(F)C1N1CCC(C(N)CC(F)(F)F)C1. The number of hydrogen-bond donors (Lipinski definition) is 2. The van der Waals surface area contributed by atoms with E-state index in [2.05, 4.69) is 4.98 Å². The normalized spacial score (nSPS) is 28.2. The van der Waals surface area contributed by atoms with Crippen molar-refractivity contribution in [1.82, 2.24) is 14.5 Å². The van der Waals surface area contributed by atoms with E-state index in [4.69, 9.17) is 10.5 Å². The predicted molar refractivity (Wildman–Crippen MR) is 101 cm³/mol. The summed E-state index contributed by atoms with van der Waals surface area (Å²) in [7, 11) is 1.34. The molecule has 2 fully saturated rings. The van der Waals surface area contributed by atoms with Crippen molar-refractivity contribution in [1.29, 1.82) is 0 Å². The van der Waals surface area contributed by atoms with Crippen molar-refractivity contribution >= 4 is 11.8 Å². The summed E-state index contributed by atoms with van der Waals surface area (Å²) < 4.78 is 60.3. The Morgan fingerprint density at radius 3 is 2.60 bits per heavy atom. The van der Waals surface area contributed by atoms with Gasteiger partial charge in [0.2, 0.25) is 0 Å². The molecule has 2 heterocycles. The molecule has 1 saturated carbocycles. The highest BCUT2D eigenvalue weighted by Crippen LogP contribution is 2.34. The highest BCUT2D eigenvalue weighted by atomic mass is 19.4. The summed E-state index contributed by atoms with van der Waals surface area (Å²) in [6.07, 6.45) is -3.98. The minimum atomic E-state index is -4.36. The number of rotatable bonds is 5. The van der Waals surface area contributed by atoms with Gasteiger partial charge < -0.3 is 10.5 Å². The first-order valence-corrected chi connectivity index (χ1v) is 9.96. The molecule has 1 aliphatic heterocycles. The lowest BCUT2D eigenvalue weighted by Gasteiger charge is -2.33. The topological polar surface area (TPSA) is 93.3 Å². The molecule has 3 N–H and O–H groups in total. The van der Waals surface area contributed by atoms with Crippen LogP contribution in [0.4, 0.5) is 17.6 Å². The van der Waals surface area contributed by atoms with E-state index < -0.39 is 48.0 Å². The molecule has 4 rings (SSSR count). The van der Waals surface area contributed by atoms with Crippen LogP contribution in [0.1, 0.15) is 31.7 Å². The maximum atomic E-state index is 15.2. The van der Waals surface area contributed by atoms with Gasteiger partial charge in [-0.2, -0.15) is 13.2 Å². The zero-order valence-electron chi connectivity index (χ0n) is 16.4. The van der Waals surface area contributed by atoms with Gasteiger partial charge in [-0.3, -0.25) is 19.2 Å². The Hall–Kier alpha value is -2.14. The summed E-state index contributed by atoms with van der Waals surface area (Å²) in [4.78, 5) is 28.7. The van der Waals surface area contributed by atoms with Crippen LogP contribution in [-0.2, 0) is 4.74 Å². The first kappa shape index (κ1) is 21.1. The molecule has 4 unspecified atom stereocenters. The monoisotopic (exact) mass is 432 g/mol. The number of nitrogens with two attached hydrogens (primary N) is 1. The summed E-state index contributed by atoms with van der Waals surface area (Å²) in [6, 6.07) is -2.10. The fourth-order valence-electron chi connectivity index (χ4n) is 4.62. The molecule has 1 aromatic rings. The number of alkyl halides is 4. The van der Waals surface area contributed by atoms with Crippen LogP contribution in [-0.4, -0.2) is 59.1 Å². The number of nitrogens with zero attached hydrogens (tertiary/aromatic N) is 2. The molecule has 4 atom stereocenters. The number of H-pyrrole nitrogens is 1. The van der Waals surface area contributed by atoms with Crippen molar-refractivity contribution in [2.45, 2.75) is 56.2 Å². The standard InChI is InChI=1S/C19H24F4N4O3/c1-30-16-14-11(17(28)25-18(29)27(14)10-2-3-10)6-12(20)15(16)26-5-4-9(8-26)13(24)7-19(21,22)23/h6,9-10,12-13,15H,2-5,7-8,24H2,1H3,(H,25,28,29). The number of methoxy groups -OCH3 is 1. The van der Waals surface area contributed by atoms with Crippen LogP contribution in [0.3, 0.4) is 0 Å². The average molecular weight is 432 g/mol. The van der Waals surface area contributed by atoms with E-state index in [1.807, 2.05) is 0 Å². The molecule has 2 aliphatic carbocycles. The summed E-state index contributed by atoms with van der Waals surface area (Å²) in [5.74, 6) is -0.289. The van der Waals surface area contributed by atoms with E-state index in [-0.39, 0.29) is 28.9 Å². The molecule has 7 nitrogen and oxygen atoms in total. The van der Waals surface area contributed by atoms with Crippen LogP contribution in [0.25, 0.3) is 11.8 Å². The molecular formula is C19H24F4N4O3. The number of ether oxygens (including phenoxy) is 1. The maximum Gasteiger partial charge on any atom is 0.390 e. The van der Waals surface area contributed by atoms with E-state index in [1.54, 1.807) is 4.90 Å². The maximum absolute atomic E-state index is 15.2. The van der Waals surface area contributed by atoms with Crippen molar-refractivity contribution in [3.63, 3.8) is 0 Å². The Labute approximate surface area is 168 Å². The third-order valence-corrected chi connectivity index (χ3v) is 6.16.